The Morgan fingerprint density at radius 2 is 0.867 bits per heavy atom. The number of nitrogens with zero attached hydrogens (tertiary/aromatic N) is 1. The lowest BCUT2D eigenvalue weighted by molar-refractivity contribution is 1.04. The van der Waals surface area contributed by atoms with Crippen LogP contribution in [0.15, 0.2) is 152 Å². The van der Waals surface area contributed by atoms with Crippen LogP contribution in [-0.4, -0.2) is 4.57 Å². The Bertz CT molecular complexity index is 2600. The number of rotatable bonds is 3. The number of hydrogen-bond acceptors (Lipinski definition) is 0. The molecule has 9 aromatic rings. The summed E-state index contributed by atoms with van der Waals surface area (Å²) < 4.78 is 2.43. The van der Waals surface area contributed by atoms with Crippen molar-refractivity contribution in [1.29, 1.82) is 0 Å². The van der Waals surface area contributed by atoms with Gasteiger partial charge in [-0.05, 0) is 121 Å². The van der Waals surface area contributed by atoms with Crippen LogP contribution >= 0.6 is 0 Å². The van der Waals surface area contributed by atoms with Gasteiger partial charge in [-0.25, -0.2) is 0 Å². The molecule has 0 bridgehead atoms. The van der Waals surface area contributed by atoms with E-state index in [0.717, 1.165) is 0 Å². The van der Waals surface area contributed by atoms with E-state index in [-0.39, 0.29) is 0 Å². The minimum absolute atomic E-state index is 1.19. The highest BCUT2D eigenvalue weighted by Crippen LogP contribution is 2.46. The van der Waals surface area contributed by atoms with Crippen LogP contribution in [0.2, 0.25) is 0 Å². The van der Waals surface area contributed by atoms with Gasteiger partial charge in [0.25, 0.3) is 0 Å². The molecule has 0 fully saturated rings. The van der Waals surface area contributed by atoms with E-state index in [1.54, 1.807) is 0 Å². The third-order valence-electron chi connectivity index (χ3n) is 9.75. The second-order valence-electron chi connectivity index (χ2n) is 12.2. The molecule has 0 unspecified atom stereocenters. The highest BCUT2D eigenvalue weighted by atomic mass is 15.0. The highest BCUT2D eigenvalue weighted by Gasteiger charge is 2.21. The van der Waals surface area contributed by atoms with Crippen LogP contribution in [-0.2, 0) is 0 Å². The number of fused-ring (bicyclic) bond motifs is 5. The molecule has 0 saturated heterocycles. The Balaban J connectivity index is 1.48. The quantitative estimate of drug-likeness (QED) is 0.185. The van der Waals surface area contributed by atoms with Gasteiger partial charge in [-0.15, -0.1) is 0 Å². The van der Waals surface area contributed by atoms with Crippen LogP contribution in [0.4, 0.5) is 0 Å². The lowest BCUT2D eigenvalue weighted by Gasteiger charge is -2.19. The van der Waals surface area contributed by atoms with Gasteiger partial charge in [-0.1, -0.05) is 115 Å². The predicted molar refractivity (Wildman–Crippen MR) is 194 cm³/mol. The molecule has 212 valence electrons. The minimum Gasteiger partial charge on any atom is -0.314 e. The number of hydrogen-bond donors (Lipinski definition) is 0. The molecule has 0 radical (unpaired) electrons. The number of benzene rings is 8. The summed E-state index contributed by atoms with van der Waals surface area (Å²) in [4.78, 5) is 0. The summed E-state index contributed by atoms with van der Waals surface area (Å²) in [6.45, 7) is 4.52. The lowest BCUT2D eigenvalue weighted by Crippen LogP contribution is -1.97. The Morgan fingerprint density at radius 1 is 0.378 bits per heavy atom. The molecule has 1 nitrogen and oxygen atoms in total. The monoisotopic (exact) mass is 573 g/mol. The Morgan fingerprint density at radius 3 is 1.44 bits per heavy atom. The van der Waals surface area contributed by atoms with Crippen LogP contribution in [0.1, 0.15) is 11.3 Å². The normalized spacial score (nSPS) is 11.8. The van der Waals surface area contributed by atoms with E-state index >= 15 is 0 Å². The molecule has 0 aliphatic rings. The third kappa shape index (κ3) is 3.94. The van der Waals surface area contributed by atoms with E-state index in [1.165, 1.54) is 93.2 Å². The zero-order chi connectivity index (χ0) is 30.1. The van der Waals surface area contributed by atoms with Crippen molar-refractivity contribution < 1.29 is 0 Å². The lowest BCUT2D eigenvalue weighted by atomic mass is 9.84. The molecule has 0 spiro atoms. The first-order valence-corrected chi connectivity index (χ1v) is 15.7. The van der Waals surface area contributed by atoms with Gasteiger partial charge < -0.3 is 4.57 Å². The zero-order valence-corrected chi connectivity index (χ0v) is 25.4. The Labute approximate surface area is 262 Å². The van der Waals surface area contributed by atoms with Gasteiger partial charge in [0.05, 0.1) is 5.52 Å². The van der Waals surface area contributed by atoms with Crippen molar-refractivity contribution in [1.82, 2.24) is 4.57 Å². The fourth-order valence-corrected chi connectivity index (χ4v) is 7.46. The SMILES string of the molecule is Cc1c(C)n(-c2ccccc2)c2cc3c(-c4ccc5ccccc5c4)c4ccccc4c(-c4ccc5ccccc5c4)c3cc12. The fourth-order valence-electron chi connectivity index (χ4n) is 7.46. The van der Waals surface area contributed by atoms with Crippen molar-refractivity contribution in [3.05, 3.63) is 163 Å². The summed E-state index contributed by atoms with van der Waals surface area (Å²) in [5.41, 5.74) is 10.1. The van der Waals surface area contributed by atoms with Gasteiger partial charge in [0, 0.05) is 16.8 Å². The van der Waals surface area contributed by atoms with Crippen molar-refractivity contribution >= 4 is 54.0 Å². The van der Waals surface area contributed by atoms with E-state index in [0.29, 0.717) is 0 Å². The maximum atomic E-state index is 2.47. The summed E-state index contributed by atoms with van der Waals surface area (Å²) in [6.07, 6.45) is 0. The van der Waals surface area contributed by atoms with Gasteiger partial charge in [-0.2, -0.15) is 0 Å². The molecule has 0 atom stereocenters. The molecule has 0 amide bonds. The first-order chi connectivity index (χ1) is 22.2. The van der Waals surface area contributed by atoms with Crippen molar-refractivity contribution in [2.75, 3.05) is 0 Å². The predicted octanol–water partition coefficient (Wildman–Crippen LogP) is 12.2. The Kier molecular flexibility index (Phi) is 5.70. The molecular weight excluding hydrogens is 542 g/mol. The van der Waals surface area contributed by atoms with Gasteiger partial charge in [0.15, 0.2) is 0 Å². The average Bonchev–Trinajstić information content (AvgIpc) is 3.34. The molecule has 9 rings (SSSR count). The first-order valence-electron chi connectivity index (χ1n) is 15.7. The average molecular weight is 574 g/mol. The van der Waals surface area contributed by atoms with Crippen LogP contribution < -0.4 is 0 Å². The standard InChI is InChI=1S/C44H31N/c1-28-29(2)45(36-16-4-3-5-17-36)42-27-41-40(26-39(28)42)43(34-22-20-30-12-6-8-14-32(30)24-34)37-18-10-11-19-38(37)44(41)35-23-21-31-13-7-9-15-33(31)25-35/h3-27H,1-2H3. The molecule has 8 aromatic carbocycles. The largest absolute Gasteiger partial charge is 0.314 e. The maximum absolute atomic E-state index is 2.47. The van der Waals surface area contributed by atoms with E-state index in [2.05, 4.69) is 170 Å². The summed E-state index contributed by atoms with van der Waals surface area (Å²) in [5.74, 6) is 0. The number of aryl methyl sites for hydroxylation is 1. The van der Waals surface area contributed by atoms with Crippen LogP contribution in [0.25, 0.3) is 81.9 Å². The first kappa shape index (κ1) is 25.8. The number of para-hydroxylation sites is 1. The zero-order valence-electron chi connectivity index (χ0n) is 25.4. The minimum atomic E-state index is 1.19. The molecule has 1 heterocycles. The molecule has 0 N–H and O–H groups in total. The summed E-state index contributed by atoms with van der Waals surface area (Å²) in [5, 5.41) is 11.4. The Hall–Kier alpha value is -5.66. The summed E-state index contributed by atoms with van der Waals surface area (Å²) >= 11 is 0. The van der Waals surface area contributed by atoms with Gasteiger partial charge in [-0.3, -0.25) is 0 Å². The molecule has 1 heteroatoms. The summed E-state index contributed by atoms with van der Waals surface area (Å²) in [7, 11) is 0. The third-order valence-corrected chi connectivity index (χ3v) is 9.75. The van der Waals surface area contributed by atoms with Crippen LogP contribution in [0.5, 0.6) is 0 Å². The van der Waals surface area contributed by atoms with Gasteiger partial charge >= 0.3 is 0 Å². The van der Waals surface area contributed by atoms with Gasteiger partial charge in [0.2, 0.25) is 0 Å². The second-order valence-corrected chi connectivity index (χ2v) is 12.2. The molecule has 1 aromatic heterocycles. The van der Waals surface area contributed by atoms with Crippen LogP contribution in [0.3, 0.4) is 0 Å². The second kappa shape index (κ2) is 9.94. The van der Waals surface area contributed by atoms with E-state index < -0.39 is 0 Å². The van der Waals surface area contributed by atoms with Crippen molar-refractivity contribution in [3.63, 3.8) is 0 Å². The topological polar surface area (TPSA) is 4.93 Å². The smallest absolute Gasteiger partial charge is 0.0540 e. The highest BCUT2D eigenvalue weighted by molar-refractivity contribution is 6.24. The van der Waals surface area contributed by atoms with Crippen molar-refractivity contribution in [2.24, 2.45) is 0 Å². The molecule has 0 aliphatic heterocycles. The van der Waals surface area contributed by atoms with Gasteiger partial charge in [0.1, 0.15) is 0 Å². The molecule has 0 saturated carbocycles. The fraction of sp³-hybridized carbons (Fsp3) is 0.0455. The van der Waals surface area contributed by atoms with Crippen molar-refractivity contribution in [3.8, 4) is 27.9 Å². The van der Waals surface area contributed by atoms with E-state index in [4.69, 9.17) is 0 Å². The van der Waals surface area contributed by atoms with E-state index in [9.17, 15) is 0 Å². The maximum Gasteiger partial charge on any atom is 0.0540 e. The molecular formula is C44H31N. The summed E-state index contributed by atoms with van der Waals surface area (Å²) in [6, 6.07) is 55.9. The van der Waals surface area contributed by atoms with Crippen LogP contribution in [0, 0.1) is 13.8 Å². The van der Waals surface area contributed by atoms with E-state index in [1.807, 2.05) is 0 Å². The number of aromatic nitrogens is 1. The van der Waals surface area contributed by atoms with Crippen molar-refractivity contribution in [2.45, 2.75) is 13.8 Å². The molecule has 0 aliphatic carbocycles. The molecule has 45 heavy (non-hydrogen) atoms.